The lowest BCUT2D eigenvalue weighted by Gasteiger charge is -2.36. The van der Waals surface area contributed by atoms with E-state index in [1.165, 1.54) is 31.3 Å². The van der Waals surface area contributed by atoms with Gasteiger partial charge < -0.3 is 14.8 Å². The average Bonchev–Trinajstić information content (AvgIpc) is 2.48. The van der Waals surface area contributed by atoms with E-state index < -0.39 is 12.2 Å². The van der Waals surface area contributed by atoms with Crippen molar-refractivity contribution in [1.82, 2.24) is 10.2 Å². The van der Waals surface area contributed by atoms with Crippen LogP contribution in [0.3, 0.4) is 0 Å². The van der Waals surface area contributed by atoms with E-state index in [9.17, 15) is 13.2 Å². The fourth-order valence-electron chi connectivity index (χ4n) is 2.62. The first-order valence-electron chi connectivity index (χ1n) is 6.81. The van der Waals surface area contributed by atoms with E-state index in [1.807, 2.05) is 0 Å². The highest BCUT2D eigenvalue weighted by atomic mass is 79.9. The van der Waals surface area contributed by atoms with Crippen molar-refractivity contribution in [2.45, 2.75) is 12.2 Å². The molecule has 1 aliphatic rings. The number of nitrogens with one attached hydrogen (secondary N) is 1. The van der Waals surface area contributed by atoms with E-state index in [4.69, 9.17) is 9.47 Å². The zero-order chi connectivity index (χ0) is 16.3. The van der Waals surface area contributed by atoms with Crippen molar-refractivity contribution in [2.24, 2.45) is 0 Å². The number of ether oxygens (including phenoxy) is 2. The summed E-state index contributed by atoms with van der Waals surface area (Å²) in [4.78, 5) is 1.42. The smallest absolute Gasteiger partial charge is 0.408 e. The molecular formula is C14H19BrClF3N2O2. The maximum atomic E-state index is 13.7. The lowest BCUT2D eigenvalue weighted by Crippen LogP contribution is -2.49. The Bertz CT molecular complexity index is 525. The average molecular weight is 420 g/mol. The second-order valence-corrected chi connectivity index (χ2v) is 5.81. The van der Waals surface area contributed by atoms with Crippen LogP contribution in [0.4, 0.5) is 13.2 Å². The minimum atomic E-state index is -4.40. The largest absolute Gasteiger partial charge is 0.496 e. The van der Waals surface area contributed by atoms with Crippen LogP contribution in [0.25, 0.3) is 0 Å². The van der Waals surface area contributed by atoms with E-state index in [0.717, 1.165) is 0 Å². The van der Waals surface area contributed by atoms with Crippen molar-refractivity contribution in [1.29, 1.82) is 0 Å². The predicted octanol–water partition coefficient (Wildman–Crippen LogP) is 3.40. The van der Waals surface area contributed by atoms with Gasteiger partial charge in [0.05, 0.1) is 18.7 Å². The standard InChI is InChI=1S/C14H18BrF3N2O2.ClH/c1-21-11-8-10(15)12(22-2)7-9(11)13(14(16,17)18)20-5-3-19-4-6-20;/h7-8,13,19H,3-6H2,1-2H3;1H/t13-;/m1./s1. The Morgan fingerprint density at radius 1 is 1.13 bits per heavy atom. The Balaban J connectivity index is 0.00000264. The molecule has 4 nitrogen and oxygen atoms in total. The number of hydrogen-bond acceptors (Lipinski definition) is 4. The molecule has 1 aromatic carbocycles. The van der Waals surface area contributed by atoms with E-state index in [0.29, 0.717) is 36.4 Å². The van der Waals surface area contributed by atoms with Crippen molar-refractivity contribution >= 4 is 28.3 Å². The third-order valence-electron chi connectivity index (χ3n) is 3.63. The molecule has 1 aliphatic heterocycles. The first kappa shape index (κ1) is 20.3. The van der Waals surface area contributed by atoms with Gasteiger partial charge in [-0.1, -0.05) is 0 Å². The van der Waals surface area contributed by atoms with Crippen LogP contribution in [0.2, 0.25) is 0 Å². The molecule has 0 spiro atoms. The molecule has 0 saturated carbocycles. The molecule has 1 heterocycles. The summed E-state index contributed by atoms with van der Waals surface area (Å²) in [5, 5.41) is 3.06. The molecule has 1 N–H and O–H groups in total. The lowest BCUT2D eigenvalue weighted by molar-refractivity contribution is -0.188. The fraction of sp³-hybridized carbons (Fsp3) is 0.571. The summed E-state index contributed by atoms with van der Waals surface area (Å²) in [6.45, 7) is 1.71. The van der Waals surface area contributed by atoms with Gasteiger partial charge in [-0.3, -0.25) is 4.90 Å². The van der Waals surface area contributed by atoms with Gasteiger partial charge in [0.25, 0.3) is 0 Å². The summed E-state index contributed by atoms with van der Waals surface area (Å²) in [5.41, 5.74) is 0.0666. The van der Waals surface area contributed by atoms with Crippen LogP contribution in [0.1, 0.15) is 11.6 Å². The number of alkyl halides is 3. The Morgan fingerprint density at radius 3 is 2.17 bits per heavy atom. The highest BCUT2D eigenvalue weighted by molar-refractivity contribution is 9.10. The summed E-state index contributed by atoms with van der Waals surface area (Å²) in [6.07, 6.45) is -4.40. The van der Waals surface area contributed by atoms with E-state index in [1.54, 1.807) is 0 Å². The van der Waals surface area contributed by atoms with E-state index in [2.05, 4.69) is 21.2 Å². The van der Waals surface area contributed by atoms with Gasteiger partial charge in [-0.15, -0.1) is 12.4 Å². The highest BCUT2D eigenvalue weighted by Gasteiger charge is 2.46. The Labute approximate surface area is 147 Å². The maximum Gasteiger partial charge on any atom is 0.408 e. The third-order valence-corrected chi connectivity index (χ3v) is 4.25. The number of halogens is 5. The molecule has 0 aromatic heterocycles. The zero-order valence-corrected chi connectivity index (χ0v) is 15.1. The molecule has 0 aliphatic carbocycles. The van der Waals surface area contributed by atoms with Crippen molar-refractivity contribution in [3.8, 4) is 11.5 Å². The normalized spacial score (nSPS) is 17.3. The number of rotatable bonds is 4. The van der Waals surface area contributed by atoms with Crippen LogP contribution in [0.15, 0.2) is 16.6 Å². The number of benzene rings is 1. The van der Waals surface area contributed by atoms with E-state index >= 15 is 0 Å². The van der Waals surface area contributed by atoms with Crippen molar-refractivity contribution in [3.63, 3.8) is 0 Å². The summed E-state index contributed by atoms with van der Waals surface area (Å²) in [7, 11) is 2.78. The minimum absolute atomic E-state index is 0. The van der Waals surface area contributed by atoms with Crippen LogP contribution in [-0.4, -0.2) is 51.5 Å². The van der Waals surface area contributed by atoms with Gasteiger partial charge in [0.15, 0.2) is 0 Å². The molecule has 0 bridgehead atoms. The SMILES string of the molecule is COc1cc([C@@H](N2CCNCC2)C(F)(F)F)c(OC)cc1Br.Cl. The lowest BCUT2D eigenvalue weighted by atomic mass is 10.0. The van der Waals surface area contributed by atoms with Gasteiger partial charge in [0, 0.05) is 31.7 Å². The van der Waals surface area contributed by atoms with Crippen molar-refractivity contribution in [3.05, 3.63) is 22.2 Å². The summed E-state index contributed by atoms with van der Waals surface area (Å²) >= 11 is 3.27. The summed E-state index contributed by atoms with van der Waals surface area (Å²) < 4.78 is 51.9. The first-order chi connectivity index (χ1) is 10.4. The molecular weight excluding hydrogens is 401 g/mol. The number of hydrogen-bond donors (Lipinski definition) is 1. The molecule has 0 unspecified atom stereocenters. The second-order valence-electron chi connectivity index (χ2n) is 4.96. The van der Waals surface area contributed by atoms with Crippen molar-refractivity contribution in [2.75, 3.05) is 40.4 Å². The van der Waals surface area contributed by atoms with Gasteiger partial charge in [-0.2, -0.15) is 13.2 Å². The van der Waals surface area contributed by atoms with Gasteiger partial charge in [-0.05, 0) is 28.1 Å². The molecule has 9 heteroatoms. The highest BCUT2D eigenvalue weighted by Crippen LogP contribution is 2.44. The molecule has 1 atom stereocenters. The zero-order valence-electron chi connectivity index (χ0n) is 12.7. The maximum absolute atomic E-state index is 13.7. The minimum Gasteiger partial charge on any atom is -0.496 e. The Hall–Kier alpha value is -0.700. The molecule has 0 amide bonds. The van der Waals surface area contributed by atoms with Gasteiger partial charge in [0.1, 0.15) is 17.5 Å². The summed E-state index contributed by atoms with van der Waals surface area (Å²) in [6, 6.07) is 1.18. The monoisotopic (exact) mass is 418 g/mol. The molecule has 132 valence electrons. The molecule has 1 saturated heterocycles. The molecule has 2 rings (SSSR count). The summed E-state index contributed by atoms with van der Waals surface area (Å²) in [5.74, 6) is 0.536. The fourth-order valence-corrected chi connectivity index (χ4v) is 3.10. The topological polar surface area (TPSA) is 33.7 Å². The van der Waals surface area contributed by atoms with Gasteiger partial charge in [0.2, 0.25) is 0 Å². The van der Waals surface area contributed by atoms with E-state index in [-0.39, 0.29) is 23.7 Å². The molecule has 1 aromatic rings. The quantitative estimate of drug-likeness (QED) is 0.811. The van der Waals surface area contributed by atoms with Crippen molar-refractivity contribution < 1.29 is 22.6 Å². The number of nitrogens with zero attached hydrogens (tertiary/aromatic N) is 1. The second kappa shape index (κ2) is 8.41. The van der Waals surface area contributed by atoms with Crippen LogP contribution >= 0.6 is 28.3 Å². The Morgan fingerprint density at radius 2 is 1.70 bits per heavy atom. The van der Waals surface area contributed by atoms with Crippen LogP contribution < -0.4 is 14.8 Å². The molecule has 0 radical (unpaired) electrons. The molecule has 23 heavy (non-hydrogen) atoms. The number of piperazine rings is 1. The van der Waals surface area contributed by atoms with Crippen LogP contribution in [0, 0.1) is 0 Å². The van der Waals surface area contributed by atoms with Crippen LogP contribution in [-0.2, 0) is 0 Å². The van der Waals surface area contributed by atoms with Gasteiger partial charge >= 0.3 is 6.18 Å². The molecule has 1 fully saturated rings. The van der Waals surface area contributed by atoms with Crippen LogP contribution in [0.5, 0.6) is 11.5 Å². The predicted molar refractivity (Wildman–Crippen MR) is 87.7 cm³/mol. The number of methoxy groups -OCH3 is 2. The third kappa shape index (κ3) is 4.65. The first-order valence-corrected chi connectivity index (χ1v) is 7.60. The Kier molecular flexibility index (Phi) is 7.44. The van der Waals surface area contributed by atoms with Gasteiger partial charge in [-0.25, -0.2) is 0 Å².